The van der Waals surface area contributed by atoms with E-state index in [1.807, 2.05) is 6.92 Å². The van der Waals surface area contributed by atoms with E-state index in [9.17, 15) is 4.79 Å². The van der Waals surface area contributed by atoms with Gasteiger partial charge >= 0.3 is 0 Å². The molecule has 6 nitrogen and oxygen atoms in total. The molecular formula is C13H16BrN3O3. The second kappa shape index (κ2) is 6.23. The summed E-state index contributed by atoms with van der Waals surface area (Å²) in [6, 6.07) is 5.05. The van der Waals surface area contributed by atoms with Crippen LogP contribution in [0.2, 0.25) is 0 Å². The molecule has 4 N–H and O–H groups in total. The van der Waals surface area contributed by atoms with E-state index in [-0.39, 0.29) is 23.8 Å². The minimum Gasteiger partial charge on any atom is -0.409 e. The molecule has 1 aliphatic rings. The fraction of sp³-hybridized carbons (Fsp3) is 0.385. The lowest BCUT2D eigenvalue weighted by Crippen LogP contribution is -2.23. The average molecular weight is 342 g/mol. The number of amides is 1. The molecule has 1 amide bonds. The molecule has 1 saturated heterocycles. The molecule has 1 heterocycles. The van der Waals surface area contributed by atoms with Crippen LogP contribution in [0, 0.1) is 5.92 Å². The van der Waals surface area contributed by atoms with Gasteiger partial charge in [-0.25, -0.2) is 0 Å². The SMILES string of the molecule is CC1CC(C(=O)Nc2ccc(/C(N)=N/O)cc2Br)CO1. The second-order valence-electron chi connectivity index (χ2n) is 4.75. The molecule has 0 saturated carbocycles. The summed E-state index contributed by atoms with van der Waals surface area (Å²) in [6.07, 6.45) is 0.850. The Balaban J connectivity index is 2.08. The molecular weight excluding hydrogens is 326 g/mol. The van der Waals surface area contributed by atoms with Crippen LogP contribution in [-0.4, -0.2) is 29.7 Å². The van der Waals surface area contributed by atoms with Gasteiger partial charge in [0.05, 0.1) is 24.3 Å². The summed E-state index contributed by atoms with van der Waals surface area (Å²) in [6.45, 7) is 2.40. The van der Waals surface area contributed by atoms with Gasteiger partial charge in [0, 0.05) is 10.0 Å². The van der Waals surface area contributed by atoms with Gasteiger partial charge in [-0.3, -0.25) is 4.79 Å². The van der Waals surface area contributed by atoms with Crippen molar-refractivity contribution in [2.75, 3.05) is 11.9 Å². The molecule has 7 heteroatoms. The zero-order valence-electron chi connectivity index (χ0n) is 11.0. The van der Waals surface area contributed by atoms with Gasteiger partial charge in [0.2, 0.25) is 5.91 Å². The normalized spacial score (nSPS) is 22.8. The number of oxime groups is 1. The van der Waals surface area contributed by atoms with Gasteiger partial charge in [0.1, 0.15) is 0 Å². The first-order valence-corrected chi connectivity index (χ1v) is 7.00. The number of ether oxygens (including phenoxy) is 1. The molecule has 108 valence electrons. The molecule has 0 aliphatic carbocycles. The van der Waals surface area contributed by atoms with E-state index < -0.39 is 0 Å². The van der Waals surface area contributed by atoms with Crippen LogP contribution in [0.4, 0.5) is 5.69 Å². The number of hydrogen-bond donors (Lipinski definition) is 3. The Morgan fingerprint density at radius 3 is 2.90 bits per heavy atom. The number of halogens is 1. The first kappa shape index (κ1) is 14.8. The summed E-state index contributed by atoms with van der Waals surface area (Å²) >= 11 is 3.36. The van der Waals surface area contributed by atoms with E-state index in [4.69, 9.17) is 15.7 Å². The van der Waals surface area contributed by atoms with Gasteiger partial charge in [-0.05, 0) is 47.5 Å². The van der Waals surface area contributed by atoms with Crippen LogP contribution in [0.3, 0.4) is 0 Å². The Kier molecular flexibility index (Phi) is 4.61. The minimum atomic E-state index is -0.124. The standard InChI is InChI=1S/C13H16BrN3O3/c1-7-4-9(6-20-7)13(18)16-11-3-2-8(5-10(11)14)12(15)17-19/h2-3,5,7,9,19H,4,6H2,1H3,(H2,15,17)(H,16,18). The quantitative estimate of drug-likeness (QED) is 0.338. The highest BCUT2D eigenvalue weighted by molar-refractivity contribution is 9.10. The Labute approximate surface area is 125 Å². The molecule has 1 aliphatic heterocycles. The van der Waals surface area contributed by atoms with Crippen molar-refractivity contribution in [1.29, 1.82) is 0 Å². The van der Waals surface area contributed by atoms with E-state index in [0.717, 1.165) is 6.42 Å². The molecule has 1 aromatic carbocycles. The van der Waals surface area contributed by atoms with Gasteiger partial charge in [0.15, 0.2) is 5.84 Å². The highest BCUT2D eigenvalue weighted by Gasteiger charge is 2.28. The van der Waals surface area contributed by atoms with Crippen molar-refractivity contribution in [3.63, 3.8) is 0 Å². The van der Waals surface area contributed by atoms with Crippen LogP contribution < -0.4 is 11.1 Å². The number of rotatable bonds is 3. The van der Waals surface area contributed by atoms with E-state index in [1.165, 1.54) is 0 Å². The lowest BCUT2D eigenvalue weighted by atomic mass is 10.1. The molecule has 1 aromatic rings. The molecule has 2 atom stereocenters. The maximum Gasteiger partial charge on any atom is 0.229 e. The molecule has 1 fully saturated rings. The number of amidine groups is 1. The van der Waals surface area contributed by atoms with E-state index in [0.29, 0.717) is 22.3 Å². The number of nitrogens with one attached hydrogen (secondary N) is 1. The summed E-state index contributed by atoms with van der Waals surface area (Å²) < 4.78 is 6.06. The van der Waals surface area contributed by atoms with Crippen LogP contribution in [0.25, 0.3) is 0 Å². The number of hydrogen-bond acceptors (Lipinski definition) is 4. The van der Waals surface area contributed by atoms with Gasteiger partial charge in [-0.1, -0.05) is 5.16 Å². The van der Waals surface area contributed by atoms with Crippen molar-refractivity contribution in [3.8, 4) is 0 Å². The predicted octanol–water partition coefficient (Wildman–Crippen LogP) is 1.91. The van der Waals surface area contributed by atoms with E-state index >= 15 is 0 Å². The summed E-state index contributed by atoms with van der Waals surface area (Å²) in [7, 11) is 0. The number of carbonyl (C=O) groups excluding carboxylic acids is 1. The van der Waals surface area contributed by atoms with Crippen LogP contribution in [0.15, 0.2) is 27.8 Å². The van der Waals surface area contributed by atoms with Crippen LogP contribution in [0.1, 0.15) is 18.9 Å². The number of benzene rings is 1. The lowest BCUT2D eigenvalue weighted by molar-refractivity contribution is -0.119. The third-order valence-electron chi connectivity index (χ3n) is 3.20. The number of anilines is 1. The van der Waals surface area contributed by atoms with Gasteiger partial charge in [-0.2, -0.15) is 0 Å². The van der Waals surface area contributed by atoms with Crippen molar-refractivity contribution in [2.24, 2.45) is 16.8 Å². The third-order valence-corrected chi connectivity index (χ3v) is 3.86. The van der Waals surface area contributed by atoms with Crippen LogP contribution in [-0.2, 0) is 9.53 Å². The smallest absolute Gasteiger partial charge is 0.229 e. The minimum absolute atomic E-state index is 0.0154. The fourth-order valence-corrected chi connectivity index (χ4v) is 2.55. The third kappa shape index (κ3) is 3.29. The van der Waals surface area contributed by atoms with Crippen molar-refractivity contribution in [1.82, 2.24) is 0 Å². The molecule has 0 aromatic heterocycles. The maximum absolute atomic E-state index is 12.1. The first-order valence-electron chi connectivity index (χ1n) is 6.21. The Morgan fingerprint density at radius 1 is 1.60 bits per heavy atom. The van der Waals surface area contributed by atoms with Gasteiger partial charge < -0.3 is 21.0 Å². The molecule has 0 spiro atoms. The highest BCUT2D eigenvalue weighted by Crippen LogP contribution is 2.26. The Morgan fingerprint density at radius 2 is 2.35 bits per heavy atom. The highest BCUT2D eigenvalue weighted by atomic mass is 79.9. The molecule has 2 unspecified atom stereocenters. The Hall–Kier alpha value is -1.60. The Bertz CT molecular complexity index is 548. The number of nitrogens with zero attached hydrogens (tertiary/aromatic N) is 1. The number of carbonyl (C=O) groups is 1. The zero-order chi connectivity index (χ0) is 14.7. The first-order chi connectivity index (χ1) is 9.51. The fourth-order valence-electron chi connectivity index (χ4n) is 2.07. The molecule has 0 radical (unpaired) electrons. The largest absolute Gasteiger partial charge is 0.409 e. The topological polar surface area (TPSA) is 96.9 Å². The molecule has 2 rings (SSSR count). The number of nitrogens with two attached hydrogens (primary N) is 1. The predicted molar refractivity (Wildman–Crippen MR) is 78.8 cm³/mol. The zero-order valence-corrected chi connectivity index (χ0v) is 12.6. The summed E-state index contributed by atoms with van der Waals surface area (Å²) in [5.41, 5.74) is 6.71. The van der Waals surface area contributed by atoms with Gasteiger partial charge in [-0.15, -0.1) is 0 Å². The monoisotopic (exact) mass is 341 g/mol. The molecule has 0 bridgehead atoms. The van der Waals surface area contributed by atoms with E-state index in [2.05, 4.69) is 26.4 Å². The molecule has 20 heavy (non-hydrogen) atoms. The summed E-state index contributed by atoms with van der Waals surface area (Å²) in [5.74, 6) is -0.172. The summed E-state index contributed by atoms with van der Waals surface area (Å²) in [5, 5.41) is 14.4. The van der Waals surface area contributed by atoms with Gasteiger partial charge in [0.25, 0.3) is 0 Å². The van der Waals surface area contributed by atoms with Crippen molar-refractivity contribution < 1.29 is 14.7 Å². The summed E-state index contributed by atoms with van der Waals surface area (Å²) in [4.78, 5) is 12.1. The van der Waals surface area contributed by atoms with Crippen molar-refractivity contribution in [2.45, 2.75) is 19.4 Å². The second-order valence-corrected chi connectivity index (χ2v) is 5.60. The lowest BCUT2D eigenvalue weighted by Gasteiger charge is -2.11. The van der Waals surface area contributed by atoms with Crippen LogP contribution in [0.5, 0.6) is 0 Å². The van der Waals surface area contributed by atoms with Crippen molar-refractivity contribution in [3.05, 3.63) is 28.2 Å². The van der Waals surface area contributed by atoms with Crippen LogP contribution >= 0.6 is 15.9 Å². The van der Waals surface area contributed by atoms with E-state index in [1.54, 1.807) is 18.2 Å². The maximum atomic E-state index is 12.1. The average Bonchev–Trinajstić information content (AvgIpc) is 2.86. The van der Waals surface area contributed by atoms with Crippen molar-refractivity contribution >= 4 is 33.4 Å².